The first-order chi connectivity index (χ1) is 16.0. The second-order valence-electron chi connectivity index (χ2n) is 10.5. The van der Waals surface area contributed by atoms with Crippen LogP contribution < -0.4 is 0 Å². The van der Waals surface area contributed by atoms with Crippen LogP contribution in [0.4, 0.5) is 0 Å². The first-order valence-electron chi connectivity index (χ1n) is 12.3. The van der Waals surface area contributed by atoms with E-state index < -0.39 is 0 Å². The number of carbonyl (C=O) groups excluding carboxylic acids is 2. The van der Waals surface area contributed by atoms with Gasteiger partial charge < -0.3 is 19.5 Å². The maximum Gasteiger partial charge on any atom is 0.225 e. The van der Waals surface area contributed by atoms with Gasteiger partial charge in [0.05, 0.1) is 30.4 Å². The van der Waals surface area contributed by atoms with Crippen molar-refractivity contribution < 1.29 is 14.7 Å². The van der Waals surface area contributed by atoms with Gasteiger partial charge in [-0.2, -0.15) is 0 Å². The highest BCUT2D eigenvalue weighted by molar-refractivity contribution is 5.80. The Bertz CT molecular complexity index is 1080. The molecule has 1 aliphatic carbocycles. The minimum absolute atomic E-state index is 0.0309. The maximum absolute atomic E-state index is 13.1. The second-order valence-corrected chi connectivity index (χ2v) is 10.5. The van der Waals surface area contributed by atoms with Crippen LogP contribution >= 0.6 is 0 Å². The third-order valence-corrected chi connectivity index (χ3v) is 8.96. The summed E-state index contributed by atoms with van der Waals surface area (Å²) in [6.07, 6.45) is 7.71. The van der Waals surface area contributed by atoms with Crippen molar-refractivity contribution >= 4 is 11.8 Å². The summed E-state index contributed by atoms with van der Waals surface area (Å²) in [4.78, 5) is 32.9. The molecule has 3 fully saturated rings. The van der Waals surface area contributed by atoms with Gasteiger partial charge in [0, 0.05) is 55.9 Å². The number of aliphatic hydroxyl groups is 1. The third kappa shape index (κ3) is 3.15. The van der Waals surface area contributed by atoms with Gasteiger partial charge >= 0.3 is 0 Å². The fourth-order valence-electron chi connectivity index (χ4n) is 6.96. The summed E-state index contributed by atoms with van der Waals surface area (Å²) in [6.45, 7) is 4.42. The largest absolute Gasteiger partial charge is 0.392 e. The highest BCUT2D eigenvalue weighted by Gasteiger charge is 2.58. The molecule has 1 saturated carbocycles. The highest BCUT2D eigenvalue weighted by Crippen LogP contribution is 2.59. The lowest BCUT2D eigenvalue weighted by Crippen LogP contribution is -2.60. The molecular formula is C26H32N4O3. The van der Waals surface area contributed by atoms with Crippen LogP contribution in [0.2, 0.25) is 0 Å². The average molecular weight is 449 g/mol. The number of hydrogen-bond acceptors (Lipinski definition) is 4. The Morgan fingerprint density at radius 1 is 1.06 bits per heavy atom. The van der Waals surface area contributed by atoms with Gasteiger partial charge in [-0.05, 0) is 37.7 Å². The molecule has 6 rings (SSSR count). The Balaban J connectivity index is 1.10. The Morgan fingerprint density at radius 2 is 1.79 bits per heavy atom. The van der Waals surface area contributed by atoms with Crippen LogP contribution in [0, 0.1) is 17.3 Å². The fraction of sp³-hybridized carbons (Fsp3) is 0.577. The Morgan fingerprint density at radius 3 is 2.48 bits per heavy atom. The van der Waals surface area contributed by atoms with Gasteiger partial charge in [0.25, 0.3) is 0 Å². The lowest BCUT2D eigenvalue weighted by Gasteiger charge is -2.58. The molecule has 2 saturated heterocycles. The molecule has 1 N–H and O–H groups in total. The first kappa shape index (κ1) is 20.9. The minimum atomic E-state index is -0.361. The summed E-state index contributed by atoms with van der Waals surface area (Å²) in [5.41, 5.74) is 3.58. The molecule has 0 radical (unpaired) electrons. The number of imidazole rings is 1. The van der Waals surface area contributed by atoms with E-state index in [2.05, 4.69) is 33.8 Å². The van der Waals surface area contributed by atoms with Gasteiger partial charge in [0.1, 0.15) is 0 Å². The zero-order valence-corrected chi connectivity index (χ0v) is 19.2. The van der Waals surface area contributed by atoms with Crippen molar-refractivity contribution in [3.8, 4) is 11.3 Å². The van der Waals surface area contributed by atoms with Gasteiger partial charge in [-0.25, -0.2) is 4.98 Å². The number of rotatable bonds is 2. The molecule has 7 nitrogen and oxygen atoms in total. The molecule has 2 amide bonds. The van der Waals surface area contributed by atoms with Crippen molar-refractivity contribution in [2.24, 2.45) is 17.3 Å². The van der Waals surface area contributed by atoms with Gasteiger partial charge in [0.2, 0.25) is 11.8 Å². The van der Waals surface area contributed by atoms with Crippen molar-refractivity contribution in [2.45, 2.75) is 51.2 Å². The second kappa shape index (κ2) is 7.69. The monoisotopic (exact) mass is 448 g/mol. The summed E-state index contributed by atoms with van der Waals surface area (Å²) in [6, 6.07) is 8.62. The van der Waals surface area contributed by atoms with Gasteiger partial charge in [-0.3, -0.25) is 9.59 Å². The Labute approximate surface area is 194 Å². The SMILES string of the molecule is CC(=O)N1CCC(C(=O)N2CCC3(CC2)C[C@@H]([C@H]2c4ccccc4-c4cncn42)[C@H]3O)CC1. The van der Waals surface area contributed by atoms with Crippen molar-refractivity contribution in [1.82, 2.24) is 19.4 Å². The van der Waals surface area contributed by atoms with Crippen LogP contribution in [0.25, 0.3) is 11.3 Å². The quantitative estimate of drug-likeness (QED) is 0.766. The van der Waals surface area contributed by atoms with Gasteiger partial charge in [-0.15, -0.1) is 0 Å². The van der Waals surface area contributed by atoms with Crippen molar-refractivity contribution in [3.05, 3.63) is 42.4 Å². The van der Waals surface area contributed by atoms with Crippen LogP contribution in [0.5, 0.6) is 0 Å². The van der Waals surface area contributed by atoms with Crippen LogP contribution in [0.1, 0.15) is 50.6 Å². The number of fused-ring (bicyclic) bond motifs is 3. The Kier molecular flexibility index (Phi) is 4.87. The number of carbonyl (C=O) groups is 2. The normalized spacial score (nSPS) is 28.4. The zero-order chi connectivity index (χ0) is 22.7. The van der Waals surface area contributed by atoms with E-state index in [9.17, 15) is 14.7 Å². The van der Waals surface area contributed by atoms with Gasteiger partial charge in [-0.1, -0.05) is 24.3 Å². The molecule has 7 heteroatoms. The van der Waals surface area contributed by atoms with E-state index in [1.165, 1.54) is 11.1 Å². The van der Waals surface area contributed by atoms with Crippen molar-refractivity contribution in [1.29, 1.82) is 0 Å². The lowest BCUT2D eigenvalue weighted by atomic mass is 9.53. The standard InChI is InChI=1S/C26H32N4O3/c1-17(31)28-10-6-18(7-11-28)25(33)29-12-8-26(9-13-29)14-21(24(26)32)23-20-5-3-2-4-19(20)22-15-27-16-30(22)23/h2-5,15-16,18,21,23-24,32H,6-14H2,1H3/t21-,23+,24+/m0/s1. The molecule has 3 atom stereocenters. The van der Waals surface area contributed by atoms with E-state index in [-0.39, 0.29) is 41.2 Å². The number of hydrogen-bond donors (Lipinski definition) is 1. The topological polar surface area (TPSA) is 78.7 Å². The van der Waals surface area contributed by atoms with Crippen LogP contribution in [0.15, 0.2) is 36.8 Å². The molecule has 3 aliphatic heterocycles. The van der Waals surface area contributed by atoms with Crippen molar-refractivity contribution in [3.63, 3.8) is 0 Å². The smallest absolute Gasteiger partial charge is 0.225 e. The number of piperidine rings is 2. The zero-order valence-electron chi connectivity index (χ0n) is 19.2. The number of benzene rings is 1. The van der Waals surface area contributed by atoms with Gasteiger partial charge in [0.15, 0.2) is 0 Å². The summed E-state index contributed by atoms with van der Waals surface area (Å²) in [5.74, 6) is 0.552. The molecule has 1 spiro atoms. The number of aliphatic hydroxyl groups excluding tert-OH is 1. The molecule has 2 aromatic rings. The maximum atomic E-state index is 13.1. The third-order valence-electron chi connectivity index (χ3n) is 8.96. The summed E-state index contributed by atoms with van der Waals surface area (Å²) in [5, 5.41) is 11.4. The summed E-state index contributed by atoms with van der Waals surface area (Å²) < 4.78 is 2.23. The predicted octanol–water partition coefficient (Wildman–Crippen LogP) is 2.70. The van der Waals surface area contributed by atoms with E-state index in [0.29, 0.717) is 13.1 Å². The van der Waals surface area contributed by atoms with Crippen LogP contribution in [-0.4, -0.2) is 68.6 Å². The number of nitrogens with zero attached hydrogens (tertiary/aromatic N) is 4. The Hall–Kier alpha value is -2.67. The minimum Gasteiger partial charge on any atom is -0.392 e. The highest BCUT2D eigenvalue weighted by atomic mass is 16.3. The molecule has 1 aromatic carbocycles. The number of amides is 2. The molecule has 33 heavy (non-hydrogen) atoms. The van der Waals surface area contributed by atoms with Crippen LogP contribution in [-0.2, 0) is 9.59 Å². The van der Waals surface area contributed by atoms with E-state index in [4.69, 9.17) is 0 Å². The summed E-state index contributed by atoms with van der Waals surface area (Å²) in [7, 11) is 0. The molecule has 0 unspecified atom stereocenters. The number of likely N-dealkylation sites (tertiary alicyclic amines) is 2. The molecule has 4 aliphatic rings. The average Bonchev–Trinajstić information content (AvgIpc) is 3.44. The summed E-state index contributed by atoms with van der Waals surface area (Å²) >= 11 is 0. The molecule has 1 aromatic heterocycles. The van der Waals surface area contributed by atoms with Crippen molar-refractivity contribution in [2.75, 3.05) is 26.2 Å². The molecule has 0 bridgehead atoms. The molecular weight excluding hydrogens is 416 g/mol. The molecule has 4 heterocycles. The van der Waals surface area contributed by atoms with E-state index >= 15 is 0 Å². The van der Waals surface area contributed by atoms with Crippen LogP contribution in [0.3, 0.4) is 0 Å². The van der Waals surface area contributed by atoms with E-state index in [1.54, 1.807) is 6.92 Å². The van der Waals surface area contributed by atoms with E-state index in [0.717, 1.165) is 50.9 Å². The first-order valence-corrected chi connectivity index (χ1v) is 12.3. The lowest BCUT2D eigenvalue weighted by molar-refractivity contribution is -0.166. The number of aromatic nitrogens is 2. The fourth-order valence-corrected chi connectivity index (χ4v) is 6.96. The molecule has 174 valence electrons. The van der Waals surface area contributed by atoms with E-state index in [1.807, 2.05) is 22.3 Å². The predicted molar refractivity (Wildman–Crippen MR) is 123 cm³/mol.